The molecule has 0 aliphatic rings. The molecule has 0 unspecified atom stereocenters. The maximum Gasteiger partial charge on any atom is 0.292 e. The van der Waals surface area contributed by atoms with E-state index < -0.39 is 0 Å². The summed E-state index contributed by atoms with van der Waals surface area (Å²) in [6.45, 7) is 0.188. The molecule has 18 heavy (non-hydrogen) atoms. The molecule has 4 nitrogen and oxygen atoms in total. The largest absolute Gasteiger partial charge is 0.473 e. The standard InChI is InChI=1S/C13H9ClN2O2/c14-11-4-3-5-12(18-9-15)10(11)8-17-13-6-1-2-7-16-13/h1-7H,8H2. The van der Waals surface area contributed by atoms with E-state index in [9.17, 15) is 0 Å². The number of ether oxygens (including phenoxy) is 2. The Morgan fingerprint density at radius 3 is 2.83 bits per heavy atom. The predicted molar refractivity (Wildman–Crippen MR) is 66.3 cm³/mol. The van der Waals surface area contributed by atoms with E-state index in [1.165, 1.54) is 0 Å². The molecule has 0 spiro atoms. The van der Waals surface area contributed by atoms with Crippen molar-refractivity contribution in [3.05, 3.63) is 53.2 Å². The van der Waals surface area contributed by atoms with Gasteiger partial charge >= 0.3 is 0 Å². The van der Waals surface area contributed by atoms with E-state index in [1.54, 1.807) is 42.8 Å². The van der Waals surface area contributed by atoms with Crippen molar-refractivity contribution in [3.63, 3.8) is 0 Å². The van der Waals surface area contributed by atoms with Crippen LogP contribution in [0.1, 0.15) is 5.56 Å². The fourth-order valence-electron chi connectivity index (χ4n) is 1.40. The smallest absolute Gasteiger partial charge is 0.292 e. The third kappa shape index (κ3) is 2.90. The summed E-state index contributed by atoms with van der Waals surface area (Å²) < 4.78 is 10.3. The molecule has 0 bridgehead atoms. The first-order valence-electron chi connectivity index (χ1n) is 5.18. The molecule has 5 heteroatoms. The molecule has 0 radical (unpaired) electrons. The van der Waals surface area contributed by atoms with Gasteiger partial charge in [0, 0.05) is 12.3 Å². The summed E-state index contributed by atoms with van der Waals surface area (Å²) >= 11 is 6.04. The highest BCUT2D eigenvalue weighted by atomic mass is 35.5. The van der Waals surface area contributed by atoms with Crippen LogP contribution in [0.3, 0.4) is 0 Å². The summed E-state index contributed by atoms with van der Waals surface area (Å²) in [4.78, 5) is 4.03. The molecular weight excluding hydrogens is 252 g/mol. The van der Waals surface area contributed by atoms with Crippen LogP contribution in [-0.2, 0) is 6.61 Å². The van der Waals surface area contributed by atoms with Crippen molar-refractivity contribution in [2.45, 2.75) is 6.61 Å². The third-order valence-electron chi connectivity index (χ3n) is 2.23. The van der Waals surface area contributed by atoms with E-state index in [-0.39, 0.29) is 6.61 Å². The van der Waals surface area contributed by atoms with Crippen LogP contribution in [0.15, 0.2) is 42.6 Å². The Bertz CT molecular complexity index is 567. The van der Waals surface area contributed by atoms with Crippen LogP contribution < -0.4 is 9.47 Å². The lowest BCUT2D eigenvalue weighted by molar-refractivity contribution is 0.289. The van der Waals surface area contributed by atoms with Gasteiger partial charge in [-0.3, -0.25) is 0 Å². The predicted octanol–water partition coefficient (Wildman–Crippen LogP) is 3.17. The first kappa shape index (κ1) is 12.2. The minimum absolute atomic E-state index is 0.188. The number of hydrogen-bond donors (Lipinski definition) is 0. The number of aromatic nitrogens is 1. The normalized spacial score (nSPS) is 9.56. The minimum atomic E-state index is 0.188. The molecule has 2 rings (SSSR count). The molecule has 0 atom stereocenters. The van der Waals surface area contributed by atoms with Crippen LogP contribution in [0.5, 0.6) is 11.6 Å². The molecule has 0 amide bonds. The Labute approximate surface area is 109 Å². The molecule has 0 aliphatic heterocycles. The summed E-state index contributed by atoms with van der Waals surface area (Å²) in [5, 5.41) is 9.04. The van der Waals surface area contributed by atoms with Crippen LogP contribution in [0.25, 0.3) is 0 Å². The van der Waals surface area contributed by atoms with Gasteiger partial charge in [0.1, 0.15) is 12.4 Å². The molecule has 0 N–H and O–H groups in total. The quantitative estimate of drug-likeness (QED) is 0.793. The Morgan fingerprint density at radius 1 is 1.22 bits per heavy atom. The summed E-state index contributed by atoms with van der Waals surface area (Å²) in [6.07, 6.45) is 3.25. The number of hydrogen-bond acceptors (Lipinski definition) is 4. The van der Waals surface area contributed by atoms with Crippen molar-refractivity contribution in [2.75, 3.05) is 0 Å². The molecule has 1 aromatic heterocycles. The molecule has 0 fully saturated rings. The van der Waals surface area contributed by atoms with E-state index in [4.69, 9.17) is 26.3 Å². The molecule has 0 aliphatic carbocycles. The van der Waals surface area contributed by atoms with Crippen LogP contribution in [0.2, 0.25) is 5.02 Å². The van der Waals surface area contributed by atoms with Gasteiger partial charge in [0.15, 0.2) is 0 Å². The molecule has 0 saturated carbocycles. The van der Waals surface area contributed by atoms with Gasteiger partial charge in [-0.1, -0.05) is 23.7 Å². The maximum atomic E-state index is 8.55. The Morgan fingerprint density at radius 2 is 2.11 bits per heavy atom. The highest BCUT2D eigenvalue weighted by Gasteiger charge is 2.09. The van der Waals surface area contributed by atoms with E-state index in [0.717, 1.165) is 0 Å². The molecule has 1 heterocycles. The van der Waals surface area contributed by atoms with E-state index in [1.807, 2.05) is 6.07 Å². The second kappa shape index (κ2) is 5.89. The highest BCUT2D eigenvalue weighted by molar-refractivity contribution is 6.31. The molecule has 90 valence electrons. The Balaban J connectivity index is 2.16. The molecule has 2 aromatic rings. The van der Waals surface area contributed by atoms with E-state index >= 15 is 0 Å². The highest BCUT2D eigenvalue weighted by Crippen LogP contribution is 2.27. The first-order valence-corrected chi connectivity index (χ1v) is 5.56. The molecular formula is C13H9ClN2O2. The number of halogens is 1. The lowest BCUT2D eigenvalue weighted by Gasteiger charge is -2.09. The van der Waals surface area contributed by atoms with Gasteiger partial charge in [0.2, 0.25) is 5.88 Å². The monoisotopic (exact) mass is 260 g/mol. The van der Waals surface area contributed by atoms with Crippen molar-refractivity contribution in [3.8, 4) is 17.9 Å². The van der Waals surface area contributed by atoms with Crippen molar-refractivity contribution in [1.82, 2.24) is 4.98 Å². The number of pyridine rings is 1. The third-order valence-corrected chi connectivity index (χ3v) is 2.59. The van der Waals surface area contributed by atoms with Crippen molar-refractivity contribution in [2.24, 2.45) is 0 Å². The van der Waals surface area contributed by atoms with Crippen molar-refractivity contribution >= 4 is 11.6 Å². The summed E-state index contributed by atoms with van der Waals surface area (Å²) in [5.41, 5.74) is 0.617. The topological polar surface area (TPSA) is 55.1 Å². The van der Waals surface area contributed by atoms with Gasteiger partial charge in [-0.25, -0.2) is 4.98 Å². The average Bonchev–Trinajstić information content (AvgIpc) is 2.40. The summed E-state index contributed by atoms with van der Waals surface area (Å²) in [6, 6.07) is 10.4. The lowest BCUT2D eigenvalue weighted by Crippen LogP contribution is -2.00. The number of nitrogens with zero attached hydrogens (tertiary/aromatic N) is 2. The zero-order valence-corrected chi connectivity index (χ0v) is 10.1. The van der Waals surface area contributed by atoms with Crippen molar-refractivity contribution < 1.29 is 9.47 Å². The summed E-state index contributed by atoms with van der Waals surface area (Å²) in [5.74, 6) is 0.876. The van der Waals surface area contributed by atoms with Crippen molar-refractivity contribution in [1.29, 1.82) is 5.26 Å². The number of benzene rings is 1. The van der Waals surface area contributed by atoms with Gasteiger partial charge in [-0.05, 0) is 18.2 Å². The number of rotatable bonds is 4. The second-order valence-corrected chi connectivity index (χ2v) is 3.77. The van der Waals surface area contributed by atoms with Gasteiger partial charge in [0.25, 0.3) is 6.26 Å². The van der Waals surface area contributed by atoms with Crippen LogP contribution in [0, 0.1) is 11.5 Å². The van der Waals surface area contributed by atoms with Gasteiger partial charge in [-0.15, -0.1) is 5.26 Å². The average molecular weight is 261 g/mol. The lowest BCUT2D eigenvalue weighted by atomic mass is 10.2. The van der Waals surface area contributed by atoms with Crippen LogP contribution in [0.4, 0.5) is 0 Å². The fourth-order valence-corrected chi connectivity index (χ4v) is 1.62. The summed E-state index contributed by atoms with van der Waals surface area (Å²) in [7, 11) is 0. The molecule has 1 aromatic carbocycles. The van der Waals surface area contributed by atoms with Gasteiger partial charge < -0.3 is 9.47 Å². The minimum Gasteiger partial charge on any atom is -0.473 e. The zero-order chi connectivity index (χ0) is 12.8. The van der Waals surface area contributed by atoms with E-state index in [0.29, 0.717) is 22.2 Å². The Hall–Kier alpha value is -2.25. The van der Waals surface area contributed by atoms with Crippen LogP contribution in [-0.4, -0.2) is 4.98 Å². The first-order chi connectivity index (χ1) is 8.81. The van der Waals surface area contributed by atoms with E-state index in [2.05, 4.69) is 4.98 Å². The second-order valence-electron chi connectivity index (χ2n) is 3.37. The SMILES string of the molecule is N#COc1cccc(Cl)c1COc1ccccn1. The fraction of sp³-hybridized carbons (Fsp3) is 0.0769. The number of nitriles is 1. The van der Waals surface area contributed by atoms with Gasteiger partial charge in [0.05, 0.1) is 10.6 Å². The molecule has 0 saturated heterocycles. The zero-order valence-electron chi connectivity index (χ0n) is 9.34. The maximum absolute atomic E-state index is 8.55. The van der Waals surface area contributed by atoms with Gasteiger partial charge in [-0.2, -0.15) is 0 Å². The Kier molecular flexibility index (Phi) is 4.00. The van der Waals surface area contributed by atoms with Crippen LogP contribution >= 0.6 is 11.6 Å².